The summed E-state index contributed by atoms with van der Waals surface area (Å²) in [5, 5.41) is 0. The number of nitrogens with zero attached hydrogens (tertiary/aromatic N) is 1. The summed E-state index contributed by atoms with van der Waals surface area (Å²) in [5.41, 5.74) is 13.2. The number of anilines is 1. The standard InChI is InChI=1S/C16H18FN3O/c17-15-14(11-2-1-3-12(19)6-11)7-13(8-20-15)21-10-16(9-18)4-5-16/h1-3,6-8H,4-5,9-10,18-19H2. The van der Waals surface area contributed by atoms with E-state index < -0.39 is 5.95 Å². The van der Waals surface area contributed by atoms with E-state index >= 15 is 0 Å². The number of ether oxygens (including phenoxy) is 1. The van der Waals surface area contributed by atoms with Crippen molar-refractivity contribution in [3.8, 4) is 16.9 Å². The van der Waals surface area contributed by atoms with Gasteiger partial charge in [-0.3, -0.25) is 0 Å². The highest BCUT2D eigenvalue weighted by Crippen LogP contribution is 2.44. The van der Waals surface area contributed by atoms with Crippen LogP contribution in [0.25, 0.3) is 11.1 Å². The van der Waals surface area contributed by atoms with Gasteiger partial charge in [-0.05, 0) is 36.6 Å². The van der Waals surface area contributed by atoms with Crippen LogP contribution in [0.1, 0.15) is 12.8 Å². The Labute approximate surface area is 122 Å². The van der Waals surface area contributed by atoms with Crippen molar-refractivity contribution in [1.82, 2.24) is 4.98 Å². The minimum atomic E-state index is -0.534. The number of benzene rings is 1. The molecule has 0 amide bonds. The predicted molar refractivity (Wildman–Crippen MR) is 80.3 cm³/mol. The molecule has 4 N–H and O–H groups in total. The minimum absolute atomic E-state index is 0.103. The first-order valence-corrected chi connectivity index (χ1v) is 6.96. The Morgan fingerprint density at radius 2 is 2.10 bits per heavy atom. The molecule has 2 aromatic rings. The van der Waals surface area contributed by atoms with E-state index in [0.717, 1.165) is 12.8 Å². The van der Waals surface area contributed by atoms with E-state index in [0.29, 0.717) is 35.7 Å². The predicted octanol–water partition coefficient (Wildman–Crippen LogP) is 2.59. The van der Waals surface area contributed by atoms with Crippen molar-refractivity contribution >= 4 is 5.69 Å². The van der Waals surface area contributed by atoms with Crippen LogP contribution in [0.2, 0.25) is 0 Å². The molecule has 0 atom stereocenters. The topological polar surface area (TPSA) is 74.2 Å². The van der Waals surface area contributed by atoms with Gasteiger partial charge in [0.15, 0.2) is 0 Å². The van der Waals surface area contributed by atoms with Crippen molar-refractivity contribution in [3.63, 3.8) is 0 Å². The summed E-state index contributed by atoms with van der Waals surface area (Å²) in [7, 11) is 0. The Bertz CT molecular complexity index is 656. The molecule has 1 heterocycles. The molecule has 3 rings (SSSR count). The maximum atomic E-state index is 13.9. The quantitative estimate of drug-likeness (QED) is 0.655. The summed E-state index contributed by atoms with van der Waals surface area (Å²) < 4.78 is 19.6. The molecule has 4 nitrogen and oxygen atoms in total. The normalized spacial score (nSPS) is 15.7. The van der Waals surface area contributed by atoms with Crippen LogP contribution in [0.5, 0.6) is 5.75 Å². The number of nitrogen functional groups attached to an aromatic ring is 1. The zero-order valence-corrected chi connectivity index (χ0v) is 11.7. The van der Waals surface area contributed by atoms with E-state index in [1.165, 1.54) is 6.20 Å². The van der Waals surface area contributed by atoms with E-state index in [1.54, 1.807) is 30.3 Å². The molecule has 110 valence electrons. The molecule has 1 aromatic heterocycles. The Balaban J connectivity index is 1.83. The van der Waals surface area contributed by atoms with Crippen LogP contribution in [0.3, 0.4) is 0 Å². The molecule has 0 unspecified atom stereocenters. The third-order valence-electron chi connectivity index (χ3n) is 3.95. The average molecular weight is 287 g/mol. The summed E-state index contributed by atoms with van der Waals surface area (Å²) in [6, 6.07) is 8.71. The van der Waals surface area contributed by atoms with E-state index in [4.69, 9.17) is 16.2 Å². The Kier molecular flexibility index (Phi) is 3.51. The number of hydrogen-bond acceptors (Lipinski definition) is 4. The molecule has 0 saturated heterocycles. The van der Waals surface area contributed by atoms with Crippen LogP contribution in [0.15, 0.2) is 36.5 Å². The molecule has 21 heavy (non-hydrogen) atoms. The largest absolute Gasteiger partial charge is 0.491 e. The molecule has 1 fully saturated rings. The lowest BCUT2D eigenvalue weighted by Gasteiger charge is -2.14. The van der Waals surface area contributed by atoms with E-state index in [2.05, 4.69) is 4.98 Å². The first-order valence-electron chi connectivity index (χ1n) is 6.96. The highest BCUT2D eigenvalue weighted by Gasteiger charge is 2.42. The molecule has 1 aromatic carbocycles. The Morgan fingerprint density at radius 3 is 2.76 bits per heavy atom. The smallest absolute Gasteiger partial charge is 0.220 e. The van der Waals surface area contributed by atoms with Crippen molar-refractivity contribution in [3.05, 3.63) is 42.5 Å². The van der Waals surface area contributed by atoms with E-state index in [1.807, 2.05) is 0 Å². The third kappa shape index (κ3) is 2.97. The number of hydrogen-bond donors (Lipinski definition) is 2. The molecule has 1 aliphatic rings. The number of nitrogens with two attached hydrogens (primary N) is 2. The summed E-state index contributed by atoms with van der Waals surface area (Å²) in [6.07, 6.45) is 3.57. The van der Waals surface area contributed by atoms with Gasteiger partial charge in [0.05, 0.1) is 12.8 Å². The number of halogens is 1. The van der Waals surface area contributed by atoms with Gasteiger partial charge in [-0.15, -0.1) is 0 Å². The minimum Gasteiger partial charge on any atom is -0.491 e. The molecular formula is C16H18FN3O. The van der Waals surface area contributed by atoms with Gasteiger partial charge in [-0.25, -0.2) is 4.98 Å². The highest BCUT2D eigenvalue weighted by atomic mass is 19.1. The van der Waals surface area contributed by atoms with E-state index in [9.17, 15) is 4.39 Å². The first kappa shape index (κ1) is 13.8. The Morgan fingerprint density at radius 1 is 1.29 bits per heavy atom. The van der Waals surface area contributed by atoms with Crippen LogP contribution in [-0.4, -0.2) is 18.1 Å². The van der Waals surface area contributed by atoms with Gasteiger partial charge in [0.2, 0.25) is 5.95 Å². The van der Waals surface area contributed by atoms with Crippen molar-refractivity contribution in [2.24, 2.45) is 11.1 Å². The summed E-state index contributed by atoms with van der Waals surface area (Å²) in [4.78, 5) is 3.77. The highest BCUT2D eigenvalue weighted by molar-refractivity contribution is 5.68. The van der Waals surface area contributed by atoms with Crippen molar-refractivity contribution in [2.45, 2.75) is 12.8 Å². The zero-order chi connectivity index (χ0) is 14.9. The van der Waals surface area contributed by atoms with Crippen LogP contribution < -0.4 is 16.2 Å². The lowest BCUT2D eigenvalue weighted by molar-refractivity contribution is 0.237. The van der Waals surface area contributed by atoms with Crippen molar-refractivity contribution < 1.29 is 9.13 Å². The van der Waals surface area contributed by atoms with Gasteiger partial charge in [0, 0.05) is 23.2 Å². The van der Waals surface area contributed by atoms with Crippen LogP contribution in [-0.2, 0) is 0 Å². The third-order valence-corrected chi connectivity index (χ3v) is 3.95. The molecule has 0 radical (unpaired) electrons. The second-order valence-corrected chi connectivity index (χ2v) is 5.63. The molecule has 0 spiro atoms. The fourth-order valence-corrected chi connectivity index (χ4v) is 2.24. The SMILES string of the molecule is NCC1(COc2cnc(F)c(-c3cccc(N)c3)c2)CC1. The van der Waals surface area contributed by atoms with Crippen LogP contribution in [0, 0.1) is 11.4 Å². The summed E-state index contributed by atoms with van der Waals surface area (Å²) in [5.74, 6) is 0.0152. The molecule has 1 saturated carbocycles. The van der Waals surface area contributed by atoms with E-state index in [-0.39, 0.29) is 5.41 Å². The van der Waals surface area contributed by atoms with Crippen LogP contribution in [0.4, 0.5) is 10.1 Å². The fraction of sp³-hybridized carbons (Fsp3) is 0.312. The van der Waals surface area contributed by atoms with Gasteiger partial charge < -0.3 is 16.2 Å². The van der Waals surface area contributed by atoms with Gasteiger partial charge in [-0.1, -0.05) is 12.1 Å². The first-order chi connectivity index (χ1) is 10.1. The van der Waals surface area contributed by atoms with Crippen LogP contribution >= 0.6 is 0 Å². The van der Waals surface area contributed by atoms with Crippen molar-refractivity contribution in [2.75, 3.05) is 18.9 Å². The maximum absolute atomic E-state index is 13.9. The molecule has 1 aliphatic carbocycles. The number of rotatable bonds is 5. The fourth-order valence-electron chi connectivity index (χ4n) is 2.24. The molecular weight excluding hydrogens is 269 g/mol. The lowest BCUT2D eigenvalue weighted by Crippen LogP contribution is -2.22. The number of aromatic nitrogens is 1. The maximum Gasteiger partial charge on any atom is 0.220 e. The van der Waals surface area contributed by atoms with Gasteiger partial charge in [0.25, 0.3) is 0 Å². The van der Waals surface area contributed by atoms with Gasteiger partial charge in [-0.2, -0.15) is 4.39 Å². The summed E-state index contributed by atoms with van der Waals surface area (Å²) >= 11 is 0. The zero-order valence-electron chi connectivity index (χ0n) is 11.7. The average Bonchev–Trinajstić information content (AvgIpc) is 3.27. The van der Waals surface area contributed by atoms with Gasteiger partial charge in [0.1, 0.15) is 5.75 Å². The second kappa shape index (κ2) is 5.33. The lowest BCUT2D eigenvalue weighted by atomic mass is 10.1. The molecule has 0 bridgehead atoms. The number of pyridine rings is 1. The molecule has 0 aliphatic heterocycles. The summed E-state index contributed by atoms with van der Waals surface area (Å²) in [6.45, 7) is 1.16. The molecule has 5 heteroatoms. The van der Waals surface area contributed by atoms with Crippen molar-refractivity contribution in [1.29, 1.82) is 0 Å². The van der Waals surface area contributed by atoms with Gasteiger partial charge >= 0.3 is 0 Å². The second-order valence-electron chi connectivity index (χ2n) is 5.63. The monoisotopic (exact) mass is 287 g/mol. The Hall–Kier alpha value is -2.14.